The number of hydrogen-bond acceptors (Lipinski definition) is 2. The monoisotopic (exact) mass is 463 g/mol. The molecule has 0 aromatic heterocycles. The van der Waals surface area contributed by atoms with Crippen molar-refractivity contribution in [3.63, 3.8) is 0 Å². The van der Waals surface area contributed by atoms with Gasteiger partial charge in [0.25, 0.3) is 0 Å². The summed E-state index contributed by atoms with van der Waals surface area (Å²) < 4.78 is 6.97. The number of aliphatic imine (C=N–C) groups is 1. The summed E-state index contributed by atoms with van der Waals surface area (Å²) in [5, 5.41) is 3.15. The van der Waals surface area contributed by atoms with Crippen molar-refractivity contribution < 1.29 is 4.74 Å². The smallest absolute Gasteiger partial charge is 0.134 e. The molecule has 0 amide bonds. The molecule has 0 heterocycles. The first kappa shape index (κ1) is 19.7. The lowest BCUT2D eigenvalue weighted by atomic mass is 10.1. The number of fused-ring (bicyclic) bond motifs is 1. The van der Waals surface area contributed by atoms with E-state index in [1.54, 1.807) is 0 Å². The van der Waals surface area contributed by atoms with Crippen LogP contribution in [0.2, 0.25) is 5.02 Å². The molecule has 0 radical (unpaired) electrons. The molecule has 4 aromatic rings. The minimum Gasteiger partial charge on any atom is -0.488 e. The molecule has 0 aliphatic heterocycles. The van der Waals surface area contributed by atoms with Crippen LogP contribution in [0.25, 0.3) is 10.8 Å². The average Bonchev–Trinajstić information content (AvgIpc) is 2.74. The van der Waals surface area contributed by atoms with E-state index in [0.29, 0.717) is 6.61 Å². The maximum atomic E-state index is 6.17. The Hall–Kier alpha value is -2.62. The predicted octanol–water partition coefficient (Wildman–Crippen LogP) is 7.89. The molecule has 0 atom stereocenters. The zero-order valence-electron chi connectivity index (χ0n) is 15.9. The van der Waals surface area contributed by atoms with E-state index in [0.717, 1.165) is 37.6 Å². The van der Waals surface area contributed by atoms with Gasteiger partial charge in [0.1, 0.15) is 12.4 Å². The summed E-state index contributed by atoms with van der Waals surface area (Å²) in [5.74, 6) is 0.800. The maximum absolute atomic E-state index is 6.17. The van der Waals surface area contributed by atoms with E-state index in [-0.39, 0.29) is 0 Å². The maximum Gasteiger partial charge on any atom is 0.134 e. The van der Waals surface area contributed by atoms with Crippen molar-refractivity contribution in [1.29, 1.82) is 0 Å². The Morgan fingerprint density at radius 3 is 2.62 bits per heavy atom. The Bertz CT molecular complexity index is 1200. The van der Waals surface area contributed by atoms with Crippen LogP contribution < -0.4 is 4.74 Å². The molecule has 0 spiro atoms. The molecule has 4 heteroatoms. The van der Waals surface area contributed by atoms with Gasteiger partial charge in [0, 0.05) is 11.2 Å². The van der Waals surface area contributed by atoms with Crippen LogP contribution in [0.1, 0.15) is 16.7 Å². The fraction of sp³-hybridized carbons (Fsp3) is 0.0800. The minimum absolute atomic E-state index is 0.509. The molecule has 0 aliphatic carbocycles. The molecule has 0 fully saturated rings. The molecule has 0 aliphatic rings. The van der Waals surface area contributed by atoms with Gasteiger partial charge in [0.15, 0.2) is 0 Å². The van der Waals surface area contributed by atoms with Crippen LogP contribution in [0.3, 0.4) is 0 Å². The van der Waals surface area contributed by atoms with Gasteiger partial charge < -0.3 is 4.74 Å². The first-order valence-electron chi connectivity index (χ1n) is 9.30. The third-order valence-corrected chi connectivity index (χ3v) is 5.84. The molecule has 0 bridgehead atoms. The second kappa shape index (κ2) is 8.81. The van der Waals surface area contributed by atoms with Crippen LogP contribution in [0.5, 0.6) is 5.75 Å². The van der Waals surface area contributed by atoms with Crippen molar-refractivity contribution in [2.24, 2.45) is 4.99 Å². The first-order chi connectivity index (χ1) is 14.1. The molecular weight excluding hydrogens is 446 g/mol. The fourth-order valence-corrected chi connectivity index (χ4v) is 3.85. The molecule has 0 saturated carbocycles. The first-order valence-corrected chi connectivity index (χ1v) is 10.5. The van der Waals surface area contributed by atoms with E-state index in [9.17, 15) is 0 Å². The Morgan fingerprint density at radius 2 is 1.76 bits per heavy atom. The summed E-state index contributed by atoms with van der Waals surface area (Å²) in [6.45, 7) is 2.48. The quantitative estimate of drug-likeness (QED) is 0.275. The summed E-state index contributed by atoms with van der Waals surface area (Å²) >= 11 is 9.78. The number of benzene rings is 4. The van der Waals surface area contributed by atoms with Crippen LogP contribution in [-0.4, -0.2) is 6.21 Å². The van der Waals surface area contributed by atoms with Gasteiger partial charge in [-0.3, -0.25) is 4.99 Å². The number of rotatable bonds is 5. The molecular formula is C25H19BrClNO. The molecule has 144 valence electrons. The van der Waals surface area contributed by atoms with Gasteiger partial charge in [-0.2, -0.15) is 0 Å². The zero-order chi connectivity index (χ0) is 20.2. The van der Waals surface area contributed by atoms with Crippen LogP contribution in [-0.2, 0) is 6.61 Å². The Morgan fingerprint density at radius 1 is 0.966 bits per heavy atom. The Balaban J connectivity index is 1.50. The van der Waals surface area contributed by atoms with Gasteiger partial charge in [-0.25, -0.2) is 0 Å². The summed E-state index contributed by atoms with van der Waals surface area (Å²) in [4.78, 5) is 4.56. The van der Waals surface area contributed by atoms with Crippen LogP contribution in [0.15, 0.2) is 88.3 Å². The van der Waals surface area contributed by atoms with E-state index < -0.39 is 0 Å². The van der Waals surface area contributed by atoms with E-state index in [4.69, 9.17) is 16.3 Å². The van der Waals surface area contributed by atoms with Crippen LogP contribution in [0.4, 0.5) is 5.69 Å². The average molecular weight is 465 g/mol. The van der Waals surface area contributed by atoms with E-state index >= 15 is 0 Å². The van der Waals surface area contributed by atoms with Gasteiger partial charge in [-0.05, 0) is 80.6 Å². The predicted molar refractivity (Wildman–Crippen MR) is 126 cm³/mol. The largest absolute Gasteiger partial charge is 0.488 e. The molecule has 0 N–H and O–H groups in total. The highest BCUT2D eigenvalue weighted by molar-refractivity contribution is 9.10. The van der Waals surface area contributed by atoms with Crippen LogP contribution >= 0.6 is 27.5 Å². The fourth-order valence-electron chi connectivity index (χ4n) is 3.17. The third kappa shape index (κ3) is 4.52. The highest BCUT2D eigenvalue weighted by Crippen LogP contribution is 2.29. The summed E-state index contributed by atoms with van der Waals surface area (Å²) in [7, 11) is 0. The van der Waals surface area contributed by atoms with Crippen molar-refractivity contribution in [1.82, 2.24) is 0 Å². The third-order valence-electron chi connectivity index (χ3n) is 4.81. The number of hydrogen-bond donors (Lipinski definition) is 0. The number of ether oxygens (including phenoxy) is 1. The SMILES string of the molecule is Cc1c(Cl)cccc1N=Cc1ccc(OCc2cccc3ccccc23)c(Br)c1. The minimum atomic E-state index is 0.509. The van der Waals surface area contributed by atoms with Crippen molar-refractivity contribution in [2.75, 3.05) is 0 Å². The second-order valence-corrected chi connectivity index (χ2v) is 8.02. The number of nitrogens with zero attached hydrogens (tertiary/aromatic N) is 1. The lowest BCUT2D eigenvalue weighted by Gasteiger charge is -2.11. The van der Waals surface area contributed by atoms with Gasteiger partial charge >= 0.3 is 0 Å². The topological polar surface area (TPSA) is 21.6 Å². The molecule has 4 rings (SSSR count). The normalized spacial score (nSPS) is 11.3. The van der Waals surface area contributed by atoms with Crippen molar-refractivity contribution >= 4 is 50.2 Å². The summed E-state index contributed by atoms with van der Waals surface area (Å²) in [6.07, 6.45) is 1.83. The van der Waals surface area contributed by atoms with Gasteiger partial charge in [0.05, 0.1) is 10.2 Å². The molecule has 29 heavy (non-hydrogen) atoms. The van der Waals surface area contributed by atoms with Gasteiger partial charge in [0.2, 0.25) is 0 Å². The standard InChI is InChI=1S/C25H19BrClNO/c1-17-23(27)10-5-11-24(17)28-15-18-12-13-25(22(26)14-18)29-16-20-8-4-7-19-6-2-3-9-21(19)20/h2-15H,16H2,1H3. The van der Waals surface area contributed by atoms with Crippen molar-refractivity contribution in [2.45, 2.75) is 13.5 Å². The lowest BCUT2D eigenvalue weighted by molar-refractivity contribution is 0.305. The zero-order valence-corrected chi connectivity index (χ0v) is 18.2. The number of halogens is 2. The van der Waals surface area contributed by atoms with E-state index in [2.05, 4.69) is 63.4 Å². The van der Waals surface area contributed by atoms with Crippen molar-refractivity contribution in [3.05, 3.63) is 105 Å². The summed E-state index contributed by atoms with van der Waals surface area (Å²) in [5.41, 5.74) is 3.98. The Kier molecular flexibility index (Phi) is 5.98. The molecule has 0 unspecified atom stereocenters. The second-order valence-electron chi connectivity index (χ2n) is 6.76. The van der Waals surface area contributed by atoms with Gasteiger partial charge in [-0.1, -0.05) is 60.1 Å². The van der Waals surface area contributed by atoms with Gasteiger partial charge in [-0.15, -0.1) is 0 Å². The molecule has 0 saturated heterocycles. The van der Waals surface area contributed by atoms with Crippen molar-refractivity contribution in [3.8, 4) is 5.75 Å². The highest BCUT2D eigenvalue weighted by atomic mass is 79.9. The summed E-state index contributed by atoms with van der Waals surface area (Å²) in [6, 6.07) is 26.3. The molecule has 2 nitrogen and oxygen atoms in total. The molecule has 4 aromatic carbocycles. The Labute approximate surface area is 184 Å². The van der Waals surface area contributed by atoms with E-state index in [1.807, 2.05) is 49.5 Å². The lowest BCUT2D eigenvalue weighted by Crippen LogP contribution is -1.97. The highest BCUT2D eigenvalue weighted by Gasteiger charge is 2.06. The van der Waals surface area contributed by atoms with E-state index in [1.165, 1.54) is 10.8 Å². The van der Waals surface area contributed by atoms with Crippen LogP contribution in [0, 0.1) is 6.92 Å².